The molecule has 0 radical (unpaired) electrons. The lowest BCUT2D eigenvalue weighted by Gasteiger charge is -2.18. The second kappa shape index (κ2) is 3.97. The summed E-state index contributed by atoms with van der Waals surface area (Å²) in [5.74, 6) is 1.11. The van der Waals surface area contributed by atoms with Crippen LogP contribution in [-0.2, 0) is 4.74 Å². The lowest BCUT2D eigenvalue weighted by molar-refractivity contribution is 0.169. The van der Waals surface area contributed by atoms with Gasteiger partial charge >= 0.3 is 0 Å². The Bertz CT molecular complexity index is 172. The minimum atomic E-state index is 0.333. The van der Waals surface area contributed by atoms with Crippen LogP contribution in [0.4, 0.5) is 0 Å². The molecule has 0 N–H and O–H groups in total. The summed E-state index contributed by atoms with van der Waals surface area (Å²) in [5, 5.41) is 0. The Morgan fingerprint density at radius 1 is 1.50 bits per heavy atom. The molecule has 0 saturated carbocycles. The molecule has 70 valence electrons. The van der Waals surface area contributed by atoms with Crippen molar-refractivity contribution >= 4 is 0 Å². The van der Waals surface area contributed by atoms with Crippen molar-refractivity contribution in [2.75, 3.05) is 6.61 Å². The van der Waals surface area contributed by atoms with E-state index in [1.807, 2.05) is 6.92 Å². The summed E-state index contributed by atoms with van der Waals surface area (Å²) in [7, 11) is 0. The van der Waals surface area contributed by atoms with Gasteiger partial charge in [-0.1, -0.05) is 33.1 Å². The van der Waals surface area contributed by atoms with Gasteiger partial charge in [0, 0.05) is 5.41 Å². The van der Waals surface area contributed by atoms with Crippen LogP contribution in [0.3, 0.4) is 0 Å². The molecule has 0 amide bonds. The van der Waals surface area contributed by atoms with Crippen LogP contribution >= 0.6 is 0 Å². The maximum atomic E-state index is 5.46. The highest BCUT2D eigenvalue weighted by Gasteiger charge is 2.27. The zero-order chi connectivity index (χ0) is 9.03. The Kier molecular flexibility index (Phi) is 3.19. The maximum absolute atomic E-state index is 5.46. The molecule has 1 aliphatic rings. The van der Waals surface area contributed by atoms with Gasteiger partial charge in [-0.05, 0) is 19.4 Å². The van der Waals surface area contributed by atoms with Crippen LogP contribution in [0.2, 0.25) is 0 Å². The van der Waals surface area contributed by atoms with Gasteiger partial charge in [0.2, 0.25) is 0 Å². The second-order valence-electron chi connectivity index (χ2n) is 4.15. The first-order valence-corrected chi connectivity index (χ1v) is 4.98. The number of rotatable bonds is 4. The summed E-state index contributed by atoms with van der Waals surface area (Å²) in [5.41, 5.74) is 0.333. The monoisotopic (exact) mass is 168 g/mol. The van der Waals surface area contributed by atoms with Crippen molar-refractivity contribution in [2.45, 2.75) is 46.5 Å². The molecule has 0 spiro atoms. The topological polar surface area (TPSA) is 9.23 Å². The van der Waals surface area contributed by atoms with E-state index >= 15 is 0 Å². The summed E-state index contributed by atoms with van der Waals surface area (Å²) in [6.45, 7) is 7.47. The lowest BCUT2D eigenvalue weighted by atomic mass is 9.86. The van der Waals surface area contributed by atoms with Gasteiger partial charge in [-0.25, -0.2) is 0 Å². The van der Waals surface area contributed by atoms with Crippen molar-refractivity contribution in [1.82, 2.24) is 0 Å². The molecule has 1 rings (SSSR count). The Morgan fingerprint density at radius 2 is 2.25 bits per heavy atom. The Hall–Kier alpha value is -0.460. The van der Waals surface area contributed by atoms with Crippen LogP contribution in [0.25, 0.3) is 0 Å². The van der Waals surface area contributed by atoms with Gasteiger partial charge in [0.15, 0.2) is 0 Å². The summed E-state index contributed by atoms with van der Waals surface area (Å²) in [6, 6.07) is 0. The molecule has 1 heteroatoms. The standard InChI is InChI=1S/C11H20O/c1-4-5-6-7-11(3)8-10(2)12-9-11/h8H,4-7,9H2,1-3H3. The van der Waals surface area contributed by atoms with Gasteiger partial charge in [-0.2, -0.15) is 0 Å². The van der Waals surface area contributed by atoms with Gasteiger partial charge in [-0.15, -0.1) is 0 Å². The molecule has 0 bridgehead atoms. The van der Waals surface area contributed by atoms with Gasteiger partial charge in [-0.3, -0.25) is 0 Å². The fourth-order valence-corrected chi connectivity index (χ4v) is 1.78. The molecule has 0 saturated heterocycles. The summed E-state index contributed by atoms with van der Waals surface area (Å²) in [6.07, 6.45) is 7.54. The first-order chi connectivity index (χ1) is 5.66. The second-order valence-corrected chi connectivity index (χ2v) is 4.15. The minimum absolute atomic E-state index is 0.333. The van der Waals surface area contributed by atoms with Gasteiger partial charge in [0.1, 0.15) is 0 Å². The molecule has 1 aliphatic heterocycles. The Labute approximate surface area is 75.8 Å². The largest absolute Gasteiger partial charge is 0.498 e. The predicted molar refractivity (Wildman–Crippen MR) is 52.0 cm³/mol. The van der Waals surface area contributed by atoms with Crippen molar-refractivity contribution in [3.63, 3.8) is 0 Å². The van der Waals surface area contributed by atoms with Crippen LogP contribution in [0.1, 0.15) is 46.5 Å². The fourth-order valence-electron chi connectivity index (χ4n) is 1.78. The predicted octanol–water partition coefficient (Wildman–Crippen LogP) is 3.51. The normalized spacial score (nSPS) is 28.4. The lowest BCUT2D eigenvalue weighted by Crippen LogP contribution is -2.14. The maximum Gasteiger partial charge on any atom is 0.0966 e. The third-order valence-electron chi connectivity index (χ3n) is 2.53. The van der Waals surface area contributed by atoms with Crippen molar-refractivity contribution in [3.05, 3.63) is 11.8 Å². The number of hydrogen-bond acceptors (Lipinski definition) is 1. The van der Waals surface area contributed by atoms with Crippen LogP contribution in [0.5, 0.6) is 0 Å². The number of hydrogen-bond donors (Lipinski definition) is 0. The van der Waals surface area contributed by atoms with E-state index < -0.39 is 0 Å². The quantitative estimate of drug-likeness (QED) is 0.584. The average Bonchev–Trinajstić information content (AvgIpc) is 2.32. The summed E-state index contributed by atoms with van der Waals surface area (Å²) >= 11 is 0. The van der Waals surface area contributed by atoms with E-state index in [1.54, 1.807) is 0 Å². The van der Waals surface area contributed by atoms with E-state index in [4.69, 9.17) is 4.74 Å². The molecule has 1 unspecified atom stereocenters. The molecule has 1 nitrogen and oxygen atoms in total. The minimum Gasteiger partial charge on any atom is -0.498 e. The molecule has 0 aromatic heterocycles. The highest BCUT2D eigenvalue weighted by Crippen LogP contribution is 2.33. The van der Waals surface area contributed by atoms with Crippen LogP contribution in [0.15, 0.2) is 11.8 Å². The number of allylic oxidation sites excluding steroid dienone is 1. The molecule has 0 aromatic carbocycles. The molecular weight excluding hydrogens is 148 g/mol. The Balaban J connectivity index is 2.30. The third-order valence-corrected chi connectivity index (χ3v) is 2.53. The molecule has 0 aliphatic carbocycles. The Morgan fingerprint density at radius 3 is 2.75 bits per heavy atom. The van der Waals surface area contributed by atoms with Crippen LogP contribution in [0, 0.1) is 5.41 Å². The van der Waals surface area contributed by atoms with Gasteiger partial charge < -0.3 is 4.74 Å². The van der Waals surface area contributed by atoms with Crippen LogP contribution in [-0.4, -0.2) is 6.61 Å². The van der Waals surface area contributed by atoms with Crippen molar-refractivity contribution in [1.29, 1.82) is 0 Å². The van der Waals surface area contributed by atoms with Gasteiger partial charge in [0.25, 0.3) is 0 Å². The number of ether oxygens (including phenoxy) is 1. The molecule has 12 heavy (non-hydrogen) atoms. The highest BCUT2D eigenvalue weighted by atomic mass is 16.5. The van der Waals surface area contributed by atoms with Crippen LogP contribution < -0.4 is 0 Å². The molecule has 1 atom stereocenters. The first kappa shape index (κ1) is 9.63. The van der Waals surface area contributed by atoms with E-state index in [0.717, 1.165) is 12.4 Å². The van der Waals surface area contributed by atoms with Gasteiger partial charge in [0.05, 0.1) is 12.4 Å². The van der Waals surface area contributed by atoms with Crippen molar-refractivity contribution < 1.29 is 4.74 Å². The zero-order valence-corrected chi connectivity index (χ0v) is 8.52. The fraction of sp³-hybridized carbons (Fsp3) is 0.818. The highest BCUT2D eigenvalue weighted by molar-refractivity contribution is 5.06. The SMILES string of the molecule is CCCCCC1(C)C=C(C)OC1. The van der Waals surface area contributed by atoms with Crippen molar-refractivity contribution in [3.8, 4) is 0 Å². The van der Waals surface area contributed by atoms with E-state index in [0.29, 0.717) is 5.41 Å². The zero-order valence-electron chi connectivity index (χ0n) is 8.52. The van der Waals surface area contributed by atoms with E-state index in [9.17, 15) is 0 Å². The van der Waals surface area contributed by atoms with E-state index in [-0.39, 0.29) is 0 Å². The summed E-state index contributed by atoms with van der Waals surface area (Å²) in [4.78, 5) is 0. The van der Waals surface area contributed by atoms with E-state index in [2.05, 4.69) is 19.9 Å². The average molecular weight is 168 g/mol. The first-order valence-electron chi connectivity index (χ1n) is 4.98. The molecule has 0 fully saturated rings. The molecular formula is C11H20O. The third kappa shape index (κ3) is 2.54. The molecule has 1 heterocycles. The number of unbranched alkanes of at least 4 members (excludes halogenated alkanes) is 2. The summed E-state index contributed by atoms with van der Waals surface area (Å²) < 4.78 is 5.46. The smallest absolute Gasteiger partial charge is 0.0966 e. The molecule has 0 aromatic rings. The van der Waals surface area contributed by atoms with E-state index in [1.165, 1.54) is 25.7 Å². The van der Waals surface area contributed by atoms with Crippen molar-refractivity contribution in [2.24, 2.45) is 5.41 Å².